The van der Waals surface area contributed by atoms with Crippen LogP contribution in [-0.2, 0) is 16.4 Å². The second-order valence-corrected chi connectivity index (χ2v) is 10.1. The van der Waals surface area contributed by atoms with E-state index >= 15 is 0 Å². The van der Waals surface area contributed by atoms with Crippen LogP contribution in [0.15, 0.2) is 42.5 Å². The minimum absolute atomic E-state index is 0.00657. The minimum atomic E-state index is -3.24. The normalized spacial score (nSPS) is 17.6. The summed E-state index contributed by atoms with van der Waals surface area (Å²) >= 11 is 6.17. The van der Waals surface area contributed by atoms with Gasteiger partial charge in [0.05, 0.1) is 24.7 Å². The molecule has 0 saturated carbocycles. The Balaban J connectivity index is 1.90. The highest BCUT2D eigenvalue weighted by molar-refractivity contribution is 7.91. The first-order valence-corrected chi connectivity index (χ1v) is 12.2. The standard InChI is InChI=1S/C22H25ClFNO4S/c1-2-3-11-29-18-7-4-6-16(13-18)22(26)25(17-10-12-30(27,28)15-17)14-19-20(23)8-5-9-21(19)24/h4-9,13,17H,2-3,10-12,14-15H2,1H3. The van der Waals surface area contributed by atoms with Crippen molar-refractivity contribution in [3.8, 4) is 5.75 Å². The molecule has 1 fully saturated rings. The molecule has 3 rings (SSSR count). The predicted octanol–water partition coefficient (Wildman–Crippen LogP) is 4.49. The molecular weight excluding hydrogens is 429 g/mol. The van der Waals surface area contributed by atoms with E-state index in [0.29, 0.717) is 24.3 Å². The van der Waals surface area contributed by atoms with Crippen molar-refractivity contribution in [1.29, 1.82) is 0 Å². The van der Waals surface area contributed by atoms with E-state index in [1.54, 1.807) is 30.3 Å². The molecule has 0 bridgehead atoms. The van der Waals surface area contributed by atoms with Gasteiger partial charge in [-0.05, 0) is 43.2 Å². The predicted molar refractivity (Wildman–Crippen MR) is 115 cm³/mol. The molecule has 0 N–H and O–H groups in total. The lowest BCUT2D eigenvalue weighted by atomic mass is 10.1. The molecule has 2 aromatic carbocycles. The number of ether oxygens (including phenoxy) is 1. The lowest BCUT2D eigenvalue weighted by molar-refractivity contribution is 0.0678. The summed E-state index contributed by atoms with van der Waals surface area (Å²) in [5, 5.41) is 0.199. The first-order chi connectivity index (χ1) is 14.3. The maximum atomic E-state index is 14.4. The number of amides is 1. The molecule has 1 unspecified atom stereocenters. The van der Waals surface area contributed by atoms with Crippen molar-refractivity contribution in [2.45, 2.75) is 38.8 Å². The number of carbonyl (C=O) groups is 1. The van der Waals surface area contributed by atoms with E-state index in [1.165, 1.54) is 17.0 Å². The summed E-state index contributed by atoms with van der Waals surface area (Å²) in [5.74, 6) is -0.475. The average molecular weight is 454 g/mol. The summed E-state index contributed by atoms with van der Waals surface area (Å²) in [6.45, 7) is 2.50. The zero-order chi connectivity index (χ0) is 21.7. The third-order valence-electron chi connectivity index (χ3n) is 5.15. The van der Waals surface area contributed by atoms with E-state index in [0.717, 1.165) is 12.8 Å². The number of rotatable bonds is 8. The van der Waals surface area contributed by atoms with Crippen LogP contribution >= 0.6 is 11.6 Å². The minimum Gasteiger partial charge on any atom is -0.494 e. The van der Waals surface area contributed by atoms with E-state index in [1.807, 2.05) is 0 Å². The van der Waals surface area contributed by atoms with Crippen LogP contribution in [0.2, 0.25) is 5.02 Å². The van der Waals surface area contributed by atoms with Crippen LogP contribution < -0.4 is 4.74 Å². The SMILES string of the molecule is CCCCOc1cccc(C(=O)N(Cc2c(F)cccc2Cl)C2CCS(=O)(=O)C2)c1. The second kappa shape index (κ2) is 9.79. The van der Waals surface area contributed by atoms with Gasteiger partial charge >= 0.3 is 0 Å². The van der Waals surface area contributed by atoms with E-state index < -0.39 is 21.7 Å². The summed E-state index contributed by atoms with van der Waals surface area (Å²) in [7, 11) is -3.24. The van der Waals surface area contributed by atoms with Crippen LogP contribution in [0.25, 0.3) is 0 Å². The fourth-order valence-corrected chi connectivity index (χ4v) is 5.41. The average Bonchev–Trinajstić information content (AvgIpc) is 3.07. The molecule has 2 aromatic rings. The van der Waals surface area contributed by atoms with Gasteiger partial charge in [0.15, 0.2) is 9.84 Å². The van der Waals surface area contributed by atoms with Crippen molar-refractivity contribution in [1.82, 2.24) is 4.90 Å². The first-order valence-electron chi connectivity index (χ1n) is 9.98. The Bertz CT molecular complexity index is 992. The van der Waals surface area contributed by atoms with Crippen LogP contribution in [0.5, 0.6) is 5.75 Å². The highest BCUT2D eigenvalue weighted by Crippen LogP contribution is 2.27. The van der Waals surface area contributed by atoms with Crippen LogP contribution in [0.4, 0.5) is 4.39 Å². The molecule has 1 heterocycles. The van der Waals surface area contributed by atoms with Gasteiger partial charge < -0.3 is 9.64 Å². The van der Waals surface area contributed by atoms with Gasteiger partial charge in [0, 0.05) is 22.2 Å². The number of unbranched alkanes of at least 4 members (excludes halogenated alkanes) is 1. The van der Waals surface area contributed by atoms with Gasteiger partial charge in [-0.15, -0.1) is 0 Å². The molecule has 0 aromatic heterocycles. The largest absolute Gasteiger partial charge is 0.494 e. The van der Waals surface area contributed by atoms with Gasteiger partial charge in [-0.3, -0.25) is 4.79 Å². The lowest BCUT2D eigenvalue weighted by Crippen LogP contribution is -2.41. The Morgan fingerprint density at radius 1 is 1.27 bits per heavy atom. The van der Waals surface area contributed by atoms with Gasteiger partial charge in [0.1, 0.15) is 11.6 Å². The van der Waals surface area contributed by atoms with Crippen molar-refractivity contribution in [3.05, 3.63) is 64.4 Å². The number of carbonyl (C=O) groups excluding carboxylic acids is 1. The van der Waals surface area contributed by atoms with E-state index in [4.69, 9.17) is 16.3 Å². The zero-order valence-electron chi connectivity index (χ0n) is 16.8. The number of sulfone groups is 1. The molecule has 1 aliphatic rings. The summed E-state index contributed by atoms with van der Waals surface area (Å²) in [4.78, 5) is 14.8. The molecule has 30 heavy (non-hydrogen) atoms. The van der Waals surface area contributed by atoms with Crippen LogP contribution in [0.1, 0.15) is 42.1 Å². The molecule has 1 atom stereocenters. The molecule has 162 valence electrons. The zero-order valence-corrected chi connectivity index (χ0v) is 18.4. The van der Waals surface area contributed by atoms with Crippen LogP contribution in [0, 0.1) is 5.82 Å². The Kier molecular flexibility index (Phi) is 7.36. The number of hydrogen-bond donors (Lipinski definition) is 0. The van der Waals surface area contributed by atoms with Gasteiger partial charge in [-0.1, -0.05) is 37.1 Å². The number of halogens is 2. The Morgan fingerprint density at radius 2 is 2.03 bits per heavy atom. The summed E-state index contributed by atoms with van der Waals surface area (Å²) in [6, 6.07) is 10.5. The number of benzene rings is 2. The molecule has 0 aliphatic carbocycles. The van der Waals surface area contributed by atoms with Gasteiger partial charge in [-0.25, -0.2) is 12.8 Å². The maximum absolute atomic E-state index is 14.4. The molecule has 1 saturated heterocycles. The second-order valence-electron chi connectivity index (χ2n) is 7.42. The quantitative estimate of drug-likeness (QED) is 0.552. The first kappa shape index (κ1) is 22.6. The highest BCUT2D eigenvalue weighted by Gasteiger charge is 2.35. The number of nitrogens with zero attached hydrogens (tertiary/aromatic N) is 1. The maximum Gasteiger partial charge on any atom is 0.254 e. The van der Waals surface area contributed by atoms with Gasteiger partial charge in [0.25, 0.3) is 5.91 Å². The van der Waals surface area contributed by atoms with Crippen molar-refractivity contribution >= 4 is 27.3 Å². The molecule has 0 radical (unpaired) electrons. The van der Waals surface area contributed by atoms with Crippen molar-refractivity contribution in [2.75, 3.05) is 18.1 Å². The van der Waals surface area contributed by atoms with Crippen LogP contribution in [-0.4, -0.2) is 43.4 Å². The molecule has 0 spiro atoms. The summed E-state index contributed by atoms with van der Waals surface area (Å²) in [5.41, 5.74) is 0.535. The Morgan fingerprint density at radius 3 is 2.70 bits per heavy atom. The molecule has 1 amide bonds. The van der Waals surface area contributed by atoms with E-state index in [2.05, 4.69) is 6.92 Å². The third-order valence-corrected chi connectivity index (χ3v) is 7.25. The monoisotopic (exact) mass is 453 g/mol. The topological polar surface area (TPSA) is 63.7 Å². The fourth-order valence-electron chi connectivity index (χ4n) is 3.46. The number of hydrogen-bond acceptors (Lipinski definition) is 4. The Hall–Kier alpha value is -2.12. The molecular formula is C22H25ClFNO4S. The van der Waals surface area contributed by atoms with Crippen molar-refractivity contribution in [2.24, 2.45) is 0 Å². The van der Waals surface area contributed by atoms with E-state index in [9.17, 15) is 17.6 Å². The van der Waals surface area contributed by atoms with Crippen molar-refractivity contribution < 1.29 is 22.3 Å². The van der Waals surface area contributed by atoms with Gasteiger partial charge in [0.2, 0.25) is 0 Å². The molecule has 5 nitrogen and oxygen atoms in total. The Labute approximate surface area is 181 Å². The summed E-state index contributed by atoms with van der Waals surface area (Å²) < 4.78 is 44.1. The molecule has 8 heteroatoms. The smallest absolute Gasteiger partial charge is 0.254 e. The van der Waals surface area contributed by atoms with Crippen molar-refractivity contribution in [3.63, 3.8) is 0 Å². The van der Waals surface area contributed by atoms with E-state index in [-0.39, 0.29) is 34.5 Å². The molecule has 1 aliphatic heterocycles. The lowest BCUT2D eigenvalue weighted by Gasteiger charge is -2.29. The fraction of sp³-hybridized carbons (Fsp3) is 0.409. The third kappa shape index (κ3) is 5.52. The summed E-state index contributed by atoms with van der Waals surface area (Å²) in [6.07, 6.45) is 2.20. The van der Waals surface area contributed by atoms with Crippen LogP contribution in [0.3, 0.4) is 0 Å². The van der Waals surface area contributed by atoms with Gasteiger partial charge in [-0.2, -0.15) is 0 Å². The highest BCUT2D eigenvalue weighted by atomic mass is 35.5.